The number of nitrogens with zero attached hydrogens (tertiary/aromatic N) is 2. The van der Waals surface area contributed by atoms with Crippen molar-refractivity contribution >= 4 is 10.0 Å². The van der Waals surface area contributed by atoms with E-state index in [0.717, 1.165) is 0 Å². The van der Waals surface area contributed by atoms with Gasteiger partial charge in [-0.3, -0.25) is 0 Å². The summed E-state index contributed by atoms with van der Waals surface area (Å²) in [5.74, 6) is 0. The van der Waals surface area contributed by atoms with Gasteiger partial charge >= 0.3 is 0 Å². The van der Waals surface area contributed by atoms with Crippen LogP contribution in [0.5, 0.6) is 0 Å². The summed E-state index contributed by atoms with van der Waals surface area (Å²) < 4.78 is 25.8. The van der Waals surface area contributed by atoms with E-state index in [4.69, 9.17) is 0 Å². The lowest BCUT2D eigenvalue weighted by Gasteiger charge is -2.37. The van der Waals surface area contributed by atoms with E-state index in [1.807, 2.05) is 13.8 Å². The molecule has 7 heteroatoms. The number of H-pyrrole nitrogens is 1. The minimum absolute atomic E-state index is 0.158. The fourth-order valence-corrected chi connectivity index (χ4v) is 3.32. The van der Waals surface area contributed by atoms with Gasteiger partial charge in [0.25, 0.3) is 10.0 Å². The van der Waals surface area contributed by atoms with Crippen molar-refractivity contribution in [3.63, 3.8) is 0 Å². The van der Waals surface area contributed by atoms with Crippen LogP contribution in [0, 0.1) is 0 Å². The smallest absolute Gasteiger partial charge is 0.260 e. The summed E-state index contributed by atoms with van der Waals surface area (Å²) in [4.78, 5) is 6.38. The molecule has 2 N–H and O–H groups in total. The lowest BCUT2D eigenvalue weighted by molar-refractivity contribution is 0.233. The van der Waals surface area contributed by atoms with Gasteiger partial charge in [0.15, 0.2) is 5.03 Å². The minimum Gasteiger partial charge on any atom is -0.335 e. The molecule has 1 saturated heterocycles. The van der Waals surface area contributed by atoms with Gasteiger partial charge in [-0.15, -0.1) is 0 Å². The molecule has 0 amide bonds. The van der Waals surface area contributed by atoms with Crippen LogP contribution in [0.2, 0.25) is 0 Å². The van der Waals surface area contributed by atoms with E-state index in [1.165, 1.54) is 16.8 Å². The second-order valence-corrected chi connectivity index (χ2v) is 6.47. The molecule has 0 aliphatic carbocycles. The predicted octanol–water partition coefficient (Wildman–Crippen LogP) is -0.218. The van der Waals surface area contributed by atoms with E-state index in [-0.39, 0.29) is 10.6 Å². The topological polar surface area (TPSA) is 78.1 Å². The standard InChI is InChI=1S/C9H16N4O2S/c1-9(2)6-13(4-3-12-9)16(14,15)8-5-10-7-11-8/h5,7,12H,3-4,6H2,1-2H3,(H,10,11). The minimum atomic E-state index is -3.41. The molecular weight excluding hydrogens is 228 g/mol. The third-order valence-electron chi connectivity index (χ3n) is 2.63. The zero-order valence-electron chi connectivity index (χ0n) is 9.40. The number of hydrogen-bond donors (Lipinski definition) is 2. The van der Waals surface area contributed by atoms with Crippen LogP contribution in [-0.2, 0) is 10.0 Å². The number of aromatic nitrogens is 2. The number of piperazine rings is 1. The zero-order valence-corrected chi connectivity index (χ0v) is 10.2. The first kappa shape index (κ1) is 11.6. The maximum atomic E-state index is 12.2. The predicted molar refractivity (Wildman–Crippen MR) is 59.4 cm³/mol. The number of aromatic amines is 1. The Balaban J connectivity index is 2.25. The normalized spacial score (nSPS) is 22.1. The van der Waals surface area contributed by atoms with Crippen LogP contribution in [0.1, 0.15) is 13.8 Å². The van der Waals surface area contributed by atoms with E-state index < -0.39 is 10.0 Å². The van der Waals surface area contributed by atoms with Crippen LogP contribution in [0.4, 0.5) is 0 Å². The SMILES string of the molecule is CC1(C)CN(S(=O)(=O)c2cnc[nH]2)CCN1. The van der Waals surface area contributed by atoms with E-state index in [0.29, 0.717) is 19.6 Å². The molecule has 0 aromatic carbocycles. The van der Waals surface area contributed by atoms with Crippen molar-refractivity contribution in [3.05, 3.63) is 12.5 Å². The van der Waals surface area contributed by atoms with Gasteiger partial charge in [-0.2, -0.15) is 4.31 Å². The summed E-state index contributed by atoms with van der Waals surface area (Å²) in [7, 11) is -3.41. The highest BCUT2D eigenvalue weighted by Crippen LogP contribution is 2.18. The second kappa shape index (κ2) is 3.83. The number of hydrogen-bond acceptors (Lipinski definition) is 4. The average molecular weight is 244 g/mol. The van der Waals surface area contributed by atoms with Gasteiger partial charge in [0.2, 0.25) is 0 Å². The Kier molecular flexibility index (Phi) is 2.77. The van der Waals surface area contributed by atoms with Gasteiger partial charge < -0.3 is 10.3 Å². The van der Waals surface area contributed by atoms with Gasteiger partial charge in [-0.1, -0.05) is 0 Å². The van der Waals surface area contributed by atoms with Crippen molar-refractivity contribution in [1.29, 1.82) is 0 Å². The fourth-order valence-electron chi connectivity index (χ4n) is 1.82. The quantitative estimate of drug-likeness (QED) is 0.754. The van der Waals surface area contributed by atoms with Gasteiger partial charge in [0, 0.05) is 25.2 Å². The molecule has 1 aromatic rings. The largest absolute Gasteiger partial charge is 0.335 e. The first-order chi connectivity index (χ1) is 7.42. The van der Waals surface area contributed by atoms with E-state index >= 15 is 0 Å². The van der Waals surface area contributed by atoms with Crippen LogP contribution in [0.3, 0.4) is 0 Å². The number of sulfonamides is 1. The van der Waals surface area contributed by atoms with Gasteiger partial charge in [-0.05, 0) is 13.8 Å². The van der Waals surface area contributed by atoms with Crippen molar-refractivity contribution in [2.75, 3.05) is 19.6 Å². The third kappa shape index (κ3) is 2.11. The Morgan fingerprint density at radius 1 is 1.50 bits per heavy atom. The Hall–Kier alpha value is -0.920. The van der Waals surface area contributed by atoms with E-state index in [9.17, 15) is 8.42 Å². The molecule has 16 heavy (non-hydrogen) atoms. The molecule has 90 valence electrons. The molecule has 1 fully saturated rings. The molecule has 0 atom stereocenters. The molecule has 1 aliphatic heterocycles. The van der Waals surface area contributed by atoms with Crippen molar-refractivity contribution in [1.82, 2.24) is 19.6 Å². The second-order valence-electron chi connectivity index (χ2n) is 4.57. The van der Waals surface area contributed by atoms with Crippen molar-refractivity contribution < 1.29 is 8.42 Å². The highest BCUT2D eigenvalue weighted by molar-refractivity contribution is 7.89. The fraction of sp³-hybridized carbons (Fsp3) is 0.667. The summed E-state index contributed by atoms with van der Waals surface area (Å²) in [6.45, 7) is 5.60. The summed E-state index contributed by atoms with van der Waals surface area (Å²) >= 11 is 0. The van der Waals surface area contributed by atoms with Crippen LogP contribution >= 0.6 is 0 Å². The van der Waals surface area contributed by atoms with Gasteiger partial charge in [0.1, 0.15) is 0 Å². The molecule has 0 radical (unpaired) electrons. The summed E-state index contributed by atoms with van der Waals surface area (Å²) in [5, 5.41) is 3.43. The number of nitrogens with one attached hydrogen (secondary N) is 2. The molecule has 2 heterocycles. The summed E-state index contributed by atoms with van der Waals surface area (Å²) in [5.41, 5.74) is -0.189. The van der Waals surface area contributed by atoms with Gasteiger partial charge in [0.05, 0.1) is 12.5 Å². The molecule has 0 spiro atoms. The summed E-state index contributed by atoms with van der Waals surface area (Å²) in [6.07, 6.45) is 2.71. The first-order valence-corrected chi connectivity index (χ1v) is 6.59. The lowest BCUT2D eigenvalue weighted by Crippen LogP contribution is -2.58. The molecular formula is C9H16N4O2S. The maximum absolute atomic E-state index is 12.2. The van der Waals surface area contributed by atoms with Crippen LogP contribution in [-0.4, -0.2) is 47.9 Å². The van der Waals surface area contributed by atoms with Crippen LogP contribution < -0.4 is 5.32 Å². The maximum Gasteiger partial charge on any atom is 0.260 e. The lowest BCUT2D eigenvalue weighted by atomic mass is 10.0. The highest BCUT2D eigenvalue weighted by Gasteiger charge is 2.34. The molecule has 0 saturated carbocycles. The molecule has 6 nitrogen and oxygen atoms in total. The molecule has 0 bridgehead atoms. The van der Waals surface area contributed by atoms with E-state index in [2.05, 4.69) is 15.3 Å². The number of imidazole rings is 1. The monoisotopic (exact) mass is 244 g/mol. The highest BCUT2D eigenvalue weighted by atomic mass is 32.2. The Labute approximate surface area is 95.1 Å². The average Bonchev–Trinajstić information content (AvgIpc) is 2.69. The van der Waals surface area contributed by atoms with E-state index in [1.54, 1.807) is 0 Å². The summed E-state index contributed by atoms with van der Waals surface area (Å²) in [6, 6.07) is 0. The van der Waals surface area contributed by atoms with Gasteiger partial charge in [-0.25, -0.2) is 13.4 Å². The van der Waals surface area contributed by atoms with Crippen molar-refractivity contribution in [2.45, 2.75) is 24.4 Å². The third-order valence-corrected chi connectivity index (χ3v) is 4.40. The zero-order chi connectivity index (χ0) is 11.8. The molecule has 1 aliphatic rings. The molecule has 0 unspecified atom stereocenters. The van der Waals surface area contributed by atoms with Crippen LogP contribution in [0.25, 0.3) is 0 Å². The molecule has 2 rings (SSSR count). The Morgan fingerprint density at radius 2 is 2.25 bits per heavy atom. The van der Waals surface area contributed by atoms with Crippen LogP contribution in [0.15, 0.2) is 17.6 Å². The Morgan fingerprint density at radius 3 is 2.81 bits per heavy atom. The molecule has 1 aromatic heterocycles. The first-order valence-electron chi connectivity index (χ1n) is 5.15. The van der Waals surface area contributed by atoms with Crippen molar-refractivity contribution in [2.24, 2.45) is 0 Å². The Bertz CT molecular complexity index is 452. The number of rotatable bonds is 2. The van der Waals surface area contributed by atoms with Crippen molar-refractivity contribution in [3.8, 4) is 0 Å².